The molecule has 2 aliphatic rings. The van der Waals surface area contributed by atoms with Crippen LogP contribution < -0.4 is 5.32 Å². The molecule has 0 spiro atoms. The van der Waals surface area contributed by atoms with Crippen molar-refractivity contribution >= 4 is 0 Å². The van der Waals surface area contributed by atoms with Crippen LogP contribution in [0.5, 0.6) is 0 Å². The highest BCUT2D eigenvalue weighted by molar-refractivity contribution is 4.80. The fourth-order valence-electron chi connectivity index (χ4n) is 2.48. The summed E-state index contributed by atoms with van der Waals surface area (Å²) in [6.07, 6.45) is 14.2. The lowest BCUT2D eigenvalue weighted by molar-refractivity contribution is 0.0556. The van der Waals surface area contributed by atoms with E-state index in [-0.39, 0.29) is 0 Å². The summed E-state index contributed by atoms with van der Waals surface area (Å²) in [7, 11) is 0. The fraction of sp³-hybridized carbons (Fsp3) is 1.00. The lowest BCUT2D eigenvalue weighted by Gasteiger charge is -2.10. The second-order valence-electron chi connectivity index (χ2n) is 5.42. The van der Waals surface area contributed by atoms with Gasteiger partial charge in [0.15, 0.2) is 0 Å². The Balaban J connectivity index is 1.29. The van der Waals surface area contributed by atoms with Gasteiger partial charge in [-0.25, -0.2) is 0 Å². The van der Waals surface area contributed by atoms with Gasteiger partial charge in [-0.15, -0.1) is 0 Å². The first-order chi connectivity index (χ1) is 7.95. The second kappa shape index (κ2) is 7.29. The molecule has 2 nitrogen and oxygen atoms in total. The van der Waals surface area contributed by atoms with Gasteiger partial charge in [0.25, 0.3) is 0 Å². The monoisotopic (exact) mass is 225 g/mol. The van der Waals surface area contributed by atoms with Gasteiger partial charge in [-0.3, -0.25) is 0 Å². The SMILES string of the molecule is C(CCCOC1CCCC1)CCNC1CC1. The number of unbranched alkanes of at least 4 members (excludes halogenated alkanes) is 3. The van der Waals surface area contributed by atoms with Crippen molar-refractivity contribution in [2.24, 2.45) is 0 Å². The number of hydrogen-bond donors (Lipinski definition) is 1. The third kappa shape index (κ3) is 5.31. The number of rotatable bonds is 9. The van der Waals surface area contributed by atoms with Crippen LogP contribution >= 0.6 is 0 Å². The average molecular weight is 225 g/mol. The van der Waals surface area contributed by atoms with Crippen molar-refractivity contribution in [2.45, 2.75) is 76.4 Å². The van der Waals surface area contributed by atoms with E-state index >= 15 is 0 Å². The van der Waals surface area contributed by atoms with E-state index < -0.39 is 0 Å². The molecule has 0 radical (unpaired) electrons. The van der Waals surface area contributed by atoms with Gasteiger partial charge in [-0.1, -0.05) is 25.7 Å². The van der Waals surface area contributed by atoms with E-state index in [4.69, 9.17) is 4.74 Å². The summed E-state index contributed by atoms with van der Waals surface area (Å²) in [5.41, 5.74) is 0. The van der Waals surface area contributed by atoms with E-state index in [9.17, 15) is 0 Å². The van der Waals surface area contributed by atoms with Crippen LogP contribution in [0, 0.1) is 0 Å². The van der Waals surface area contributed by atoms with E-state index in [2.05, 4.69) is 5.32 Å². The first kappa shape index (κ1) is 12.4. The molecular weight excluding hydrogens is 198 g/mol. The van der Waals surface area contributed by atoms with E-state index in [1.165, 1.54) is 70.8 Å². The maximum Gasteiger partial charge on any atom is 0.0575 e. The Morgan fingerprint density at radius 2 is 1.62 bits per heavy atom. The molecule has 0 aromatic heterocycles. The van der Waals surface area contributed by atoms with Gasteiger partial charge in [0.05, 0.1) is 6.10 Å². The van der Waals surface area contributed by atoms with Crippen molar-refractivity contribution in [1.29, 1.82) is 0 Å². The summed E-state index contributed by atoms with van der Waals surface area (Å²) in [6.45, 7) is 2.23. The summed E-state index contributed by atoms with van der Waals surface area (Å²) in [5.74, 6) is 0. The minimum absolute atomic E-state index is 0.608. The Hall–Kier alpha value is -0.0800. The van der Waals surface area contributed by atoms with Gasteiger partial charge < -0.3 is 10.1 Å². The largest absolute Gasteiger partial charge is 0.378 e. The molecule has 0 saturated heterocycles. The van der Waals surface area contributed by atoms with Gasteiger partial charge in [0, 0.05) is 12.6 Å². The topological polar surface area (TPSA) is 21.3 Å². The maximum atomic E-state index is 5.84. The van der Waals surface area contributed by atoms with Gasteiger partial charge in [0.1, 0.15) is 0 Å². The molecule has 0 amide bonds. The molecule has 0 heterocycles. The molecule has 2 fully saturated rings. The Kier molecular flexibility index (Phi) is 5.64. The van der Waals surface area contributed by atoms with Crippen LogP contribution in [-0.2, 0) is 4.74 Å². The summed E-state index contributed by atoms with van der Waals surface area (Å²) >= 11 is 0. The van der Waals surface area contributed by atoms with Crippen LogP contribution in [0.25, 0.3) is 0 Å². The lowest BCUT2D eigenvalue weighted by Crippen LogP contribution is -2.17. The van der Waals surface area contributed by atoms with Crippen molar-refractivity contribution in [1.82, 2.24) is 5.32 Å². The summed E-state index contributed by atoms with van der Waals surface area (Å²) in [4.78, 5) is 0. The Morgan fingerprint density at radius 1 is 0.875 bits per heavy atom. The summed E-state index contributed by atoms with van der Waals surface area (Å²) in [6, 6.07) is 0.880. The summed E-state index contributed by atoms with van der Waals surface area (Å²) in [5, 5.41) is 3.56. The zero-order valence-corrected chi connectivity index (χ0v) is 10.5. The van der Waals surface area contributed by atoms with E-state index in [0.29, 0.717) is 6.10 Å². The molecule has 94 valence electrons. The van der Waals surface area contributed by atoms with Crippen LogP contribution in [0.2, 0.25) is 0 Å². The zero-order valence-electron chi connectivity index (χ0n) is 10.5. The standard InChI is InChI=1S/C14H27NO/c1(5-11-15-13-9-10-13)2-6-12-16-14-7-3-4-8-14/h13-15H,1-12H2. The molecular formula is C14H27NO. The number of nitrogens with one attached hydrogen (secondary N) is 1. The highest BCUT2D eigenvalue weighted by Gasteiger charge is 2.19. The molecule has 0 bridgehead atoms. The quantitative estimate of drug-likeness (QED) is 0.608. The highest BCUT2D eigenvalue weighted by Crippen LogP contribution is 2.21. The molecule has 2 saturated carbocycles. The molecule has 0 aliphatic heterocycles. The van der Waals surface area contributed by atoms with Crippen LogP contribution in [0.1, 0.15) is 64.2 Å². The lowest BCUT2D eigenvalue weighted by atomic mass is 10.2. The van der Waals surface area contributed by atoms with Crippen molar-refractivity contribution < 1.29 is 4.74 Å². The molecule has 2 heteroatoms. The molecule has 2 aliphatic carbocycles. The van der Waals surface area contributed by atoms with Crippen molar-refractivity contribution in [2.75, 3.05) is 13.2 Å². The third-order valence-electron chi connectivity index (χ3n) is 3.74. The molecule has 16 heavy (non-hydrogen) atoms. The van der Waals surface area contributed by atoms with Crippen molar-refractivity contribution in [3.63, 3.8) is 0 Å². The summed E-state index contributed by atoms with van der Waals surface area (Å²) < 4.78 is 5.84. The van der Waals surface area contributed by atoms with Gasteiger partial charge in [0.2, 0.25) is 0 Å². The van der Waals surface area contributed by atoms with Crippen LogP contribution in [0.4, 0.5) is 0 Å². The number of ether oxygens (including phenoxy) is 1. The Morgan fingerprint density at radius 3 is 2.38 bits per heavy atom. The molecule has 0 atom stereocenters. The predicted molar refractivity (Wildman–Crippen MR) is 67.7 cm³/mol. The van der Waals surface area contributed by atoms with Gasteiger partial charge in [-0.05, 0) is 45.1 Å². The predicted octanol–water partition coefficient (Wildman–Crippen LogP) is 3.26. The Bertz CT molecular complexity index is 174. The zero-order chi connectivity index (χ0) is 11.1. The smallest absolute Gasteiger partial charge is 0.0575 e. The maximum absolute atomic E-state index is 5.84. The molecule has 0 aromatic rings. The molecule has 0 unspecified atom stereocenters. The van der Waals surface area contributed by atoms with E-state index in [1.807, 2.05) is 0 Å². The first-order valence-corrected chi connectivity index (χ1v) is 7.30. The van der Waals surface area contributed by atoms with Crippen molar-refractivity contribution in [3.8, 4) is 0 Å². The van der Waals surface area contributed by atoms with E-state index in [1.54, 1.807) is 0 Å². The minimum Gasteiger partial charge on any atom is -0.378 e. The van der Waals surface area contributed by atoms with E-state index in [0.717, 1.165) is 12.6 Å². The molecule has 1 N–H and O–H groups in total. The second-order valence-corrected chi connectivity index (χ2v) is 5.42. The minimum atomic E-state index is 0.608. The van der Waals surface area contributed by atoms with Gasteiger partial charge in [-0.2, -0.15) is 0 Å². The normalized spacial score (nSPS) is 21.8. The van der Waals surface area contributed by atoms with Gasteiger partial charge >= 0.3 is 0 Å². The molecule has 2 rings (SSSR count). The third-order valence-corrected chi connectivity index (χ3v) is 3.74. The van der Waals surface area contributed by atoms with Crippen LogP contribution in [0.3, 0.4) is 0 Å². The average Bonchev–Trinajstić information content (AvgIpc) is 2.97. The van der Waals surface area contributed by atoms with Crippen LogP contribution in [0.15, 0.2) is 0 Å². The van der Waals surface area contributed by atoms with Crippen LogP contribution in [-0.4, -0.2) is 25.3 Å². The highest BCUT2D eigenvalue weighted by atomic mass is 16.5. The Labute approximate surface area is 100 Å². The fourth-order valence-corrected chi connectivity index (χ4v) is 2.48. The number of hydrogen-bond acceptors (Lipinski definition) is 2. The molecule has 0 aromatic carbocycles. The first-order valence-electron chi connectivity index (χ1n) is 7.30. The van der Waals surface area contributed by atoms with Crippen molar-refractivity contribution in [3.05, 3.63) is 0 Å².